The average Bonchev–Trinajstić information content (AvgIpc) is 2.71. The van der Waals surface area contributed by atoms with Crippen LogP contribution in [-0.4, -0.2) is 25.4 Å². The second-order valence-corrected chi connectivity index (χ2v) is 6.50. The molecule has 0 aliphatic heterocycles. The summed E-state index contributed by atoms with van der Waals surface area (Å²) in [5.74, 6) is -0.279. The number of hydrogen-bond donors (Lipinski definition) is 3. The number of amides is 2. The van der Waals surface area contributed by atoms with Crippen molar-refractivity contribution in [2.24, 2.45) is 0 Å². The molecule has 0 fully saturated rings. The predicted octanol–water partition coefficient (Wildman–Crippen LogP) is 2.46. The fraction of sp³-hybridized carbons (Fsp3) is 0.182. The Kier molecular flexibility index (Phi) is 5.84. The highest BCUT2D eigenvalue weighted by molar-refractivity contribution is 5.97. The summed E-state index contributed by atoms with van der Waals surface area (Å²) in [6.07, 6.45) is 0. The summed E-state index contributed by atoms with van der Waals surface area (Å²) in [4.78, 5) is 24.0. The van der Waals surface area contributed by atoms with Crippen molar-refractivity contribution in [1.82, 2.24) is 5.32 Å². The van der Waals surface area contributed by atoms with Crippen LogP contribution in [0, 0.1) is 0 Å². The minimum Gasteiger partial charge on any atom is -0.355 e. The molecule has 2 amide bonds. The van der Waals surface area contributed by atoms with Crippen LogP contribution in [-0.2, 0) is 4.79 Å². The van der Waals surface area contributed by atoms with Crippen LogP contribution in [0.3, 0.4) is 0 Å². The van der Waals surface area contributed by atoms with Gasteiger partial charge in [0.1, 0.15) is 6.04 Å². The molecule has 27 heavy (non-hydrogen) atoms. The van der Waals surface area contributed by atoms with Gasteiger partial charge in [-0.15, -0.1) is 0 Å². The Labute approximate surface area is 158 Å². The van der Waals surface area contributed by atoms with E-state index in [-0.39, 0.29) is 17.9 Å². The number of nitrogens with two attached hydrogens (primary N) is 1. The first kappa shape index (κ1) is 18.6. The fourth-order valence-electron chi connectivity index (χ4n) is 3.15. The molecule has 0 aromatic heterocycles. The first-order chi connectivity index (χ1) is 13.1. The van der Waals surface area contributed by atoms with Crippen LogP contribution in [0.15, 0.2) is 66.7 Å². The van der Waals surface area contributed by atoms with Crippen LogP contribution in [0.4, 0.5) is 5.69 Å². The Hall–Kier alpha value is -3.18. The number of carbonyl (C=O) groups excluding carboxylic acids is 2. The summed E-state index contributed by atoms with van der Waals surface area (Å²) >= 11 is 0. The summed E-state index contributed by atoms with van der Waals surface area (Å²) in [6.45, 7) is 2.40. The summed E-state index contributed by atoms with van der Waals surface area (Å²) in [6, 6.07) is 21.6. The molecule has 0 radical (unpaired) electrons. The predicted molar refractivity (Wildman–Crippen MR) is 108 cm³/mol. The van der Waals surface area contributed by atoms with E-state index in [1.165, 1.54) is 16.3 Å². The van der Waals surface area contributed by atoms with Crippen molar-refractivity contribution >= 4 is 28.3 Å². The summed E-state index contributed by atoms with van der Waals surface area (Å²) < 4.78 is 0. The van der Waals surface area contributed by atoms with Crippen LogP contribution in [0.2, 0.25) is 0 Å². The third-order valence-electron chi connectivity index (χ3n) is 4.61. The zero-order valence-electron chi connectivity index (χ0n) is 15.5. The molecule has 0 bridgehead atoms. The minimum absolute atomic E-state index is 0.101. The van der Waals surface area contributed by atoms with Gasteiger partial charge < -0.3 is 16.0 Å². The summed E-state index contributed by atoms with van der Waals surface area (Å²) in [7, 11) is 1.58. The molecule has 0 aliphatic rings. The van der Waals surface area contributed by atoms with Crippen molar-refractivity contribution in [3.63, 3.8) is 0 Å². The van der Waals surface area contributed by atoms with Gasteiger partial charge >= 0.3 is 0 Å². The van der Waals surface area contributed by atoms with Crippen molar-refractivity contribution in [3.05, 3.63) is 77.9 Å². The first-order valence-corrected chi connectivity index (χ1v) is 9.01. The van der Waals surface area contributed by atoms with Crippen molar-refractivity contribution in [3.8, 4) is 0 Å². The Bertz CT molecular complexity index is 963. The molecule has 3 rings (SSSR count). The zero-order valence-corrected chi connectivity index (χ0v) is 15.5. The maximum atomic E-state index is 12.3. The molecular weight excluding hydrogens is 338 g/mol. The Morgan fingerprint density at radius 2 is 1.74 bits per heavy atom. The van der Waals surface area contributed by atoms with E-state index < -0.39 is 0 Å². The highest BCUT2D eigenvalue weighted by Gasteiger charge is 2.14. The van der Waals surface area contributed by atoms with E-state index >= 15 is 0 Å². The van der Waals surface area contributed by atoms with Crippen molar-refractivity contribution in [2.45, 2.75) is 13.0 Å². The number of anilines is 1. The van der Waals surface area contributed by atoms with E-state index in [4.69, 9.17) is 0 Å². The molecule has 0 unspecified atom stereocenters. The lowest BCUT2D eigenvalue weighted by Crippen LogP contribution is -2.86. The lowest BCUT2D eigenvalue weighted by atomic mass is 10.00. The third-order valence-corrected chi connectivity index (χ3v) is 4.61. The lowest BCUT2D eigenvalue weighted by molar-refractivity contribution is -0.682. The molecular formula is C22H24N3O2+. The van der Waals surface area contributed by atoms with E-state index in [9.17, 15) is 9.59 Å². The first-order valence-electron chi connectivity index (χ1n) is 9.01. The van der Waals surface area contributed by atoms with Gasteiger partial charge in [0, 0.05) is 23.9 Å². The van der Waals surface area contributed by atoms with Gasteiger partial charge in [0.05, 0.1) is 0 Å². The molecule has 4 N–H and O–H groups in total. The minimum atomic E-state index is -0.178. The van der Waals surface area contributed by atoms with E-state index in [1.54, 1.807) is 31.3 Å². The molecule has 0 aliphatic carbocycles. The number of fused-ring (bicyclic) bond motifs is 1. The van der Waals surface area contributed by atoms with Gasteiger partial charge in [-0.1, -0.05) is 48.5 Å². The van der Waals surface area contributed by atoms with Crippen molar-refractivity contribution in [2.75, 3.05) is 18.9 Å². The summed E-state index contributed by atoms with van der Waals surface area (Å²) in [5.41, 5.74) is 2.35. The van der Waals surface area contributed by atoms with Crippen LogP contribution >= 0.6 is 0 Å². The number of nitrogens with one attached hydrogen (secondary N) is 2. The monoisotopic (exact) mass is 362 g/mol. The number of hydrogen-bond acceptors (Lipinski definition) is 2. The molecule has 0 saturated heterocycles. The molecule has 0 saturated carbocycles. The van der Waals surface area contributed by atoms with Crippen LogP contribution in [0.1, 0.15) is 28.9 Å². The molecule has 138 valence electrons. The summed E-state index contributed by atoms with van der Waals surface area (Å²) in [5, 5.41) is 9.86. The fourth-order valence-corrected chi connectivity index (χ4v) is 3.15. The lowest BCUT2D eigenvalue weighted by Gasteiger charge is -2.14. The second kappa shape index (κ2) is 8.47. The van der Waals surface area contributed by atoms with Gasteiger partial charge in [-0.2, -0.15) is 0 Å². The zero-order chi connectivity index (χ0) is 19.2. The van der Waals surface area contributed by atoms with E-state index in [0.29, 0.717) is 17.8 Å². The van der Waals surface area contributed by atoms with Gasteiger partial charge in [0.25, 0.3) is 11.8 Å². The van der Waals surface area contributed by atoms with Gasteiger partial charge in [-0.05, 0) is 35.9 Å². The largest absolute Gasteiger partial charge is 0.355 e. The molecule has 3 aromatic rings. The second-order valence-electron chi connectivity index (χ2n) is 6.50. The van der Waals surface area contributed by atoms with Gasteiger partial charge in [0.15, 0.2) is 6.54 Å². The van der Waals surface area contributed by atoms with E-state index in [0.717, 1.165) is 0 Å². The Morgan fingerprint density at radius 1 is 1.00 bits per heavy atom. The Balaban J connectivity index is 1.63. The third kappa shape index (κ3) is 4.51. The number of carbonyl (C=O) groups is 2. The van der Waals surface area contributed by atoms with Crippen LogP contribution in [0.5, 0.6) is 0 Å². The highest BCUT2D eigenvalue weighted by atomic mass is 16.2. The smallest absolute Gasteiger partial charge is 0.279 e. The van der Waals surface area contributed by atoms with E-state index in [1.807, 2.05) is 23.5 Å². The van der Waals surface area contributed by atoms with Crippen molar-refractivity contribution < 1.29 is 14.9 Å². The van der Waals surface area contributed by atoms with Gasteiger partial charge in [-0.3, -0.25) is 9.59 Å². The standard InChI is InChI=1S/C22H23N3O2/c1-15(19-12-6-8-16-7-3-4-11-20(16)19)24-14-21(26)25-18-10-5-9-17(13-18)22(27)23-2/h3-13,15,24H,14H2,1-2H3,(H,23,27)(H,25,26)/p+1/t15-/m1/s1. The average molecular weight is 362 g/mol. The molecule has 5 heteroatoms. The van der Waals surface area contributed by atoms with E-state index in [2.05, 4.69) is 41.8 Å². The van der Waals surface area contributed by atoms with Gasteiger partial charge in [-0.25, -0.2) is 0 Å². The number of benzene rings is 3. The molecule has 5 nitrogen and oxygen atoms in total. The SMILES string of the molecule is CNC(=O)c1cccc(NC(=O)C[NH2+][C@H](C)c2cccc3ccccc23)c1. The number of rotatable bonds is 6. The molecule has 1 atom stereocenters. The normalized spacial score (nSPS) is 11.8. The Morgan fingerprint density at radius 3 is 2.56 bits per heavy atom. The molecule has 0 spiro atoms. The van der Waals surface area contributed by atoms with Crippen molar-refractivity contribution in [1.29, 1.82) is 0 Å². The highest BCUT2D eigenvalue weighted by Crippen LogP contribution is 2.22. The topological polar surface area (TPSA) is 74.8 Å². The maximum absolute atomic E-state index is 12.3. The molecule has 0 heterocycles. The van der Waals surface area contributed by atoms with Crippen LogP contribution < -0.4 is 16.0 Å². The number of quaternary nitrogens is 1. The van der Waals surface area contributed by atoms with Crippen LogP contribution in [0.25, 0.3) is 10.8 Å². The van der Waals surface area contributed by atoms with Gasteiger partial charge in [0.2, 0.25) is 0 Å². The maximum Gasteiger partial charge on any atom is 0.279 e. The molecule has 3 aromatic carbocycles. The quantitative estimate of drug-likeness (QED) is 0.630.